The van der Waals surface area contributed by atoms with Gasteiger partial charge in [0.25, 0.3) is 0 Å². The van der Waals surface area contributed by atoms with E-state index in [0.29, 0.717) is 11.1 Å². The van der Waals surface area contributed by atoms with Crippen molar-refractivity contribution in [2.75, 3.05) is 14.1 Å². The highest BCUT2D eigenvalue weighted by atomic mass is 16.1. The molecule has 0 unspecified atom stereocenters. The summed E-state index contributed by atoms with van der Waals surface area (Å²) in [4.78, 5) is 25.1. The average Bonchev–Trinajstić information content (AvgIpc) is 2.28. The molecule has 1 rings (SSSR count). The van der Waals surface area contributed by atoms with Gasteiger partial charge in [-0.2, -0.15) is 0 Å². The van der Waals surface area contributed by atoms with Crippen molar-refractivity contribution in [3.05, 3.63) is 47.7 Å². The molecule has 0 saturated carbocycles. The number of nitrogens with zero attached hydrogens (tertiary/aromatic N) is 1. The maximum atomic E-state index is 11.9. The Labute approximate surface area is 102 Å². The van der Waals surface area contributed by atoms with E-state index in [1.807, 2.05) is 32.3 Å². The number of carbonyl (C=O) groups excluding carboxylic acids is 2. The van der Waals surface area contributed by atoms with Gasteiger partial charge in [0.1, 0.15) is 0 Å². The Morgan fingerprint density at radius 2 is 1.76 bits per heavy atom. The first-order chi connectivity index (χ1) is 8.00. The third-order valence-electron chi connectivity index (χ3n) is 2.31. The Kier molecular flexibility index (Phi) is 4.64. The number of allylic oxidation sites excluding steroid dienone is 1. The summed E-state index contributed by atoms with van der Waals surface area (Å²) in [5.74, 6) is -0.100. The Balaban J connectivity index is 2.83. The summed E-state index contributed by atoms with van der Waals surface area (Å²) in [5, 5.41) is 0. The molecule has 0 amide bonds. The van der Waals surface area contributed by atoms with Crippen molar-refractivity contribution >= 4 is 11.6 Å². The Bertz CT molecular complexity index is 433. The lowest BCUT2D eigenvalue weighted by Gasteiger charge is -2.09. The fraction of sp³-hybridized carbons (Fsp3) is 0.286. The molecule has 0 saturated heterocycles. The number of Topliss-reactive ketones (excluding diaryl/α,β-unsaturated/α-hetero) is 2. The minimum Gasteiger partial charge on any atom is -0.383 e. The topological polar surface area (TPSA) is 37.4 Å². The third-order valence-corrected chi connectivity index (χ3v) is 2.31. The highest BCUT2D eigenvalue weighted by Gasteiger charge is 2.12. The second-order valence-corrected chi connectivity index (χ2v) is 4.14. The zero-order chi connectivity index (χ0) is 12.8. The summed E-state index contributed by atoms with van der Waals surface area (Å²) >= 11 is 0. The van der Waals surface area contributed by atoms with Crippen LogP contribution in [0.2, 0.25) is 0 Å². The first-order valence-corrected chi connectivity index (χ1v) is 5.47. The van der Waals surface area contributed by atoms with Crippen LogP contribution >= 0.6 is 0 Å². The zero-order valence-electron chi connectivity index (χ0n) is 10.4. The highest BCUT2D eigenvalue weighted by Crippen LogP contribution is 2.10. The molecule has 1 aromatic rings. The van der Waals surface area contributed by atoms with E-state index in [1.165, 1.54) is 6.92 Å². The average molecular weight is 231 g/mol. The van der Waals surface area contributed by atoms with Crippen molar-refractivity contribution in [2.24, 2.45) is 0 Å². The predicted octanol–water partition coefficient (Wildman–Crippen LogP) is 2.29. The van der Waals surface area contributed by atoms with Crippen LogP contribution in [-0.2, 0) is 4.79 Å². The molecule has 0 fully saturated rings. The summed E-state index contributed by atoms with van der Waals surface area (Å²) in [6.07, 6.45) is 1.85. The van der Waals surface area contributed by atoms with E-state index in [2.05, 4.69) is 0 Å². The van der Waals surface area contributed by atoms with E-state index in [9.17, 15) is 9.59 Å². The van der Waals surface area contributed by atoms with Crippen LogP contribution in [0.4, 0.5) is 0 Å². The van der Waals surface area contributed by atoms with Crippen molar-refractivity contribution < 1.29 is 9.59 Å². The van der Waals surface area contributed by atoms with Crippen LogP contribution in [0.15, 0.2) is 42.1 Å². The quantitative estimate of drug-likeness (QED) is 0.576. The first-order valence-electron chi connectivity index (χ1n) is 5.47. The molecule has 0 bridgehead atoms. The molecule has 0 N–H and O–H groups in total. The van der Waals surface area contributed by atoms with Crippen molar-refractivity contribution in [3.8, 4) is 0 Å². The lowest BCUT2D eigenvalue weighted by molar-refractivity contribution is -0.113. The van der Waals surface area contributed by atoms with Crippen LogP contribution in [-0.4, -0.2) is 30.6 Å². The SMILES string of the molecule is CC(=O)/C(=C/N(C)C)CC(=O)c1ccccc1. The summed E-state index contributed by atoms with van der Waals surface area (Å²) in [6.45, 7) is 1.48. The van der Waals surface area contributed by atoms with Crippen molar-refractivity contribution in [2.45, 2.75) is 13.3 Å². The van der Waals surface area contributed by atoms with Crippen LogP contribution in [0.3, 0.4) is 0 Å². The Morgan fingerprint density at radius 3 is 2.24 bits per heavy atom. The zero-order valence-corrected chi connectivity index (χ0v) is 10.4. The fourth-order valence-corrected chi connectivity index (χ4v) is 1.47. The molecule has 0 spiro atoms. The molecule has 0 atom stereocenters. The van der Waals surface area contributed by atoms with Crippen LogP contribution < -0.4 is 0 Å². The van der Waals surface area contributed by atoms with Gasteiger partial charge >= 0.3 is 0 Å². The monoisotopic (exact) mass is 231 g/mol. The van der Waals surface area contributed by atoms with Gasteiger partial charge in [0, 0.05) is 37.9 Å². The molecule has 3 heteroatoms. The van der Waals surface area contributed by atoms with E-state index in [-0.39, 0.29) is 18.0 Å². The van der Waals surface area contributed by atoms with Gasteiger partial charge in [-0.3, -0.25) is 9.59 Å². The summed E-state index contributed by atoms with van der Waals surface area (Å²) in [5.41, 5.74) is 1.17. The second-order valence-electron chi connectivity index (χ2n) is 4.14. The minimum absolute atomic E-state index is 0.0334. The van der Waals surface area contributed by atoms with E-state index < -0.39 is 0 Å². The van der Waals surface area contributed by atoms with E-state index in [1.54, 1.807) is 23.2 Å². The largest absolute Gasteiger partial charge is 0.383 e. The molecule has 3 nitrogen and oxygen atoms in total. The van der Waals surface area contributed by atoms with Gasteiger partial charge in [-0.1, -0.05) is 30.3 Å². The van der Waals surface area contributed by atoms with Gasteiger partial charge in [0.05, 0.1) is 0 Å². The predicted molar refractivity (Wildman–Crippen MR) is 67.8 cm³/mol. The van der Waals surface area contributed by atoms with Crippen LogP contribution in [0.1, 0.15) is 23.7 Å². The van der Waals surface area contributed by atoms with Crippen molar-refractivity contribution in [3.63, 3.8) is 0 Å². The van der Waals surface area contributed by atoms with Gasteiger partial charge in [-0.05, 0) is 6.92 Å². The number of ketones is 2. The molecule has 0 aliphatic carbocycles. The van der Waals surface area contributed by atoms with Crippen LogP contribution in [0.5, 0.6) is 0 Å². The molecule has 17 heavy (non-hydrogen) atoms. The number of hydrogen-bond donors (Lipinski definition) is 0. The van der Waals surface area contributed by atoms with E-state index in [4.69, 9.17) is 0 Å². The first kappa shape index (κ1) is 13.2. The Morgan fingerprint density at radius 1 is 1.18 bits per heavy atom. The molecule has 0 aliphatic heterocycles. The van der Waals surface area contributed by atoms with Gasteiger partial charge in [0.2, 0.25) is 0 Å². The molecular formula is C14H17NO2. The highest BCUT2D eigenvalue weighted by molar-refractivity contribution is 6.04. The lowest BCUT2D eigenvalue weighted by atomic mass is 10.0. The van der Waals surface area contributed by atoms with Gasteiger partial charge in [-0.25, -0.2) is 0 Å². The van der Waals surface area contributed by atoms with Crippen molar-refractivity contribution in [1.29, 1.82) is 0 Å². The van der Waals surface area contributed by atoms with E-state index in [0.717, 1.165) is 0 Å². The summed E-state index contributed by atoms with van der Waals surface area (Å²) in [7, 11) is 3.66. The molecule has 90 valence electrons. The molecule has 0 aromatic heterocycles. The smallest absolute Gasteiger partial charge is 0.167 e. The number of benzene rings is 1. The van der Waals surface area contributed by atoms with Crippen molar-refractivity contribution in [1.82, 2.24) is 4.90 Å². The number of rotatable bonds is 5. The molecule has 1 aromatic carbocycles. The lowest BCUT2D eigenvalue weighted by Crippen LogP contribution is -2.11. The maximum Gasteiger partial charge on any atom is 0.167 e. The standard InChI is InChI=1S/C14H17NO2/c1-11(16)13(10-15(2)3)9-14(17)12-7-5-4-6-8-12/h4-8,10H,9H2,1-3H3/b13-10+. The van der Waals surface area contributed by atoms with Gasteiger partial charge in [0.15, 0.2) is 11.6 Å². The number of carbonyl (C=O) groups is 2. The molecule has 0 heterocycles. The van der Waals surface area contributed by atoms with Crippen LogP contribution in [0, 0.1) is 0 Å². The summed E-state index contributed by atoms with van der Waals surface area (Å²) in [6, 6.07) is 9.01. The third kappa shape index (κ3) is 4.23. The molecule has 0 radical (unpaired) electrons. The molecular weight excluding hydrogens is 214 g/mol. The minimum atomic E-state index is -0.0667. The number of hydrogen-bond acceptors (Lipinski definition) is 3. The molecule has 0 aliphatic rings. The maximum absolute atomic E-state index is 11.9. The normalized spacial score (nSPS) is 11.1. The second kappa shape index (κ2) is 5.99. The van der Waals surface area contributed by atoms with Gasteiger partial charge in [-0.15, -0.1) is 0 Å². The Hall–Kier alpha value is -1.90. The van der Waals surface area contributed by atoms with E-state index >= 15 is 0 Å². The fourth-order valence-electron chi connectivity index (χ4n) is 1.47. The van der Waals surface area contributed by atoms with Crippen LogP contribution in [0.25, 0.3) is 0 Å². The van der Waals surface area contributed by atoms with Gasteiger partial charge < -0.3 is 4.90 Å². The summed E-state index contributed by atoms with van der Waals surface area (Å²) < 4.78 is 0.